The lowest BCUT2D eigenvalue weighted by molar-refractivity contribution is 1.19. The van der Waals surface area contributed by atoms with Crippen molar-refractivity contribution < 1.29 is 0 Å². The average molecular weight is 1060 g/mol. The Bertz CT molecular complexity index is 5240. The Labute approximate surface area is 486 Å². The van der Waals surface area contributed by atoms with Crippen LogP contribution in [-0.2, 0) is 0 Å². The van der Waals surface area contributed by atoms with Crippen molar-refractivity contribution in [2.45, 2.75) is 0 Å². The van der Waals surface area contributed by atoms with Gasteiger partial charge in [-0.2, -0.15) is 15.8 Å². The molecule has 3 aliphatic heterocycles. The Kier molecular flexibility index (Phi) is 11.3. The maximum absolute atomic E-state index is 9.73. The molecule has 0 saturated carbocycles. The normalized spacial score (nSPS) is 12.2. The minimum Gasteiger partial charge on any atom is -0.310 e. The van der Waals surface area contributed by atoms with Crippen molar-refractivity contribution >= 4 is 135 Å². The average Bonchev–Trinajstić information content (AvgIpc) is 1.85. The summed E-state index contributed by atoms with van der Waals surface area (Å²) in [5.74, 6) is 0. The molecule has 6 heterocycles. The summed E-state index contributed by atoms with van der Waals surface area (Å²) in [6, 6.07) is 103. The van der Waals surface area contributed by atoms with Gasteiger partial charge in [-0.1, -0.05) is 229 Å². The van der Waals surface area contributed by atoms with E-state index in [2.05, 4.69) is 268 Å². The molecule has 0 N–H and O–H groups in total. The van der Waals surface area contributed by atoms with Crippen LogP contribution in [0.15, 0.2) is 273 Å². The van der Waals surface area contributed by atoms with Gasteiger partial charge < -0.3 is 13.7 Å². The fourth-order valence-corrected chi connectivity index (χ4v) is 14.3. The molecule has 0 saturated heterocycles. The predicted octanol–water partition coefficient (Wildman–Crippen LogP) is 10.5. The van der Waals surface area contributed by atoms with Gasteiger partial charge in [0, 0.05) is 65.9 Å². The minimum atomic E-state index is 0.184. The van der Waals surface area contributed by atoms with Crippen molar-refractivity contribution in [3.63, 3.8) is 0 Å². The Morgan fingerprint density at radius 2 is 0.655 bits per heavy atom. The zero-order valence-electron chi connectivity index (χ0n) is 45.4. The number of rotatable bonds is 3. The van der Waals surface area contributed by atoms with E-state index in [1.165, 1.54) is 98.9 Å². The smallest absolute Gasteiger partial charge is 0.246 e. The largest absolute Gasteiger partial charge is 0.310 e. The molecule has 0 atom stereocenters. The number of nitrogens with zero attached hydrogens (tertiary/aromatic N) is 6. The van der Waals surface area contributed by atoms with Gasteiger partial charge in [0.15, 0.2) is 0 Å². The second-order valence-electron chi connectivity index (χ2n) is 21.9. The van der Waals surface area contributed by atoms with Crippen molar-refractivity contribution in [3.05, 3.63) is 290 Å². The van der Waals surface area contributed by atoms with Gasteiger partial charge in [-0.05, 0) is 93.4 Å². The fraction of sp³-hybridized carbons (Fsp3) is 0. The van der Waals surface area contributed by atoms with Crippen molar-refractivity contribution in [1.29, 1.82) is 15.8 Å². The number of para-hydroxylation sites is 6. The molecule has 0 aliphatic carbocycles. The number of fused-ring (bicyclic) bond motifs is 15. The maximum Gasteiger partial charge on any atom is 0.246 e. The van der Waals surface area contributed by atoms with Crippen molar-refractivity contribution in [2.75, 3.05) is 0 Å². The molecule has 6 nitrogen and oxygen atoms in total. The Morgan fingerprint density at radius 1 is 0.262 bits per heavy atom. The number of hydrogen-bond acceptors (Lipinski definition) is 3. The van der Waals surface area contributed by atoms with Crippen LogP contribution in [0.2, 0.25) is 0 Å². The Morgan fingerprint density at radius 3 is 1.15 bits per heavy atom. The van der Waals surface area contributed by atoms with Crippen LogP contribution in [0.5, 0.6) is 0 Å². The third-order valence-corrected chi connectivity index (χ3v) is 17.7. The van der Waals surface area contributed by atoms with E-state index in [4.69, 9.17) is 0 Å². The van der Waals surface area contributed by atoms with E-state index < -0.39 is 0 Å². The van der Waals surface area contributed by atoms with Crippen molar-refractivity contribution in [2.24, 2.45) is 0 Å². The summed E-state index contributed by atoms with van der Waals surface area (Å²) in [6.45, 7) is 0.588. The minimum absolute atomic E-state index is 0.184. The highest BCUT2D eigenvalue weighted by Gasteiger charge is 2.36. The van der Waals surface area contributed by atoms with Gasteiger partial charge in [-0.25, -0.2) is 0 Å². The van der Waals surface area contributed by atoms with E-state index in [1.807, 2.05) is 36.4 Å². The van der Waals surface area contributed by atoms with Gasteiger partial charge in [0.1, 0.15) is 0 Å². The van der Waals surface area contributed by atoms with E-state index in [0.29, 0.717) is 11.1 Å². The summed E-state index contributed by atoms with van der Waals surface area (Å²) in [4.78, 5) is 0. The molecule has 9 heteroatoms. The molecule has 0 amide bonds. The van der Waals surface area contributed by atoms with E-state index in [-0.39, 0.29) is 20.1 Å². The Hall–Kier alpha value is -11.3. The maximum atomic E-state index is 9.73. The second-order valence-corrected chi connectivity index (χ2v) is 21.9. The van der Waals surface area contributed by atoms with Gasteiger partial charge in [-0.15, -0.1) is 0 Å². The summed E-state index contributed by atoms with van der Waals surface area (Å²) < 4.78 is 7.06. The highest BCUT2D eigenvalue weighted by Crippen LogP contribution is 2.37. The zero-order chi connectivity index (χ0) is 56.0. The van der Waals surface area contributed by atoms with E-state index >= 15 is 0 Å². The number of nitriles is 3. The summed E-state index contributed by atoms with van der Waals surface area (Å²) >= 11 is 0. The van der Waals surface area contributed by atoms with Gasteiger partial charge in [0.2, 0.25) is 20.1 Å². The lowest BCUT2D eigenvalue weighted by atomic mass is 9.35. The molecule has 0 fully saturated rings. The molecule has 3 aliphatic rings. The monoisotopic (exact) mass is 1060 g/mol. The molecule has 0 unspecified atom stereocenters. The summed E-state index contributed by atoms with van der Waals surface area (Å²) in [5, 5.41) is 35.5. The predicted molar refractivity (Wildman–Crippen MR) is 350 cm³/mol. The van der Waals surface area contributed by atoms with Crippen LogP contribution < -0.4 is 49.2 Å². The molecule has 18 rings (SSSR count). The summed E-state index contributed by atoms with van der Waals surface area (Å²) in [7, 11) is 0. The van der Waals surface area contributed by atoms with Crippen LogP contribution in [0.3, 0.4) is 0 Å². The highest BCUT2D eigenvalue weighted by molar-refractivity contribution is 6.99. The third-order valence-electron chi connectivity index (χ3n) is 17.7. The molecule has 3 aromatic heterocycles. The van der Waals surface area contributed by atoms with E-state index in [9.17, 15) is 15.8 Å². The van der Waals surface area contributed by atoms with Gasteiger partial charge in [0.05, 0.1) is 51.4 Å². The molecule has 384 valence electrons. The molecular formula is C75H45B3N6. The molecule has 0 spiro atoms. The van der Waals surface area contributed by atoms with Crippen molar-refractivity contribution in [1.82, 2.24) is 13.7 Å². The van der Waals surface area contributed by atoms with Crippen LogP contribution in [0.25, 0.3) is 82.5 Å². The molecule has 0 bridgehead atoms. The van der Waals surface area contributed by atoms with Crippen LogP contribution in [0.4, 0.5) is 0 Å². The molecular weight excluding hydrogens is 1020 g/mol. The summed E-state index contributed by atoms with van der Waals surface area (Å²) in [6.07, 6.45) is 0. The molecule has 84 heavy (non-hydrogen) atoms. The number of aromatic nitrogens is 3. The quantitative estimate of drug-likeness (QED) is 0.165. The van der Waals surface area contributed by atoms with Crippen LogP contribution in [-0.4, -0.2) is 33.8 Å². The van der Waals surface area contributed by atoms with Crippen LogP contribution in [0.1, 0.15) is 16.7 Å². The van der Waals surface area contributed by atoms with Gasteiger partial charge >= 0.3 is 0 Å². The first-order chi connectivity index (χ1) is 41.6. The highest BCUT2D eigenvalue weighted by atomic mass is 15.0. The summed E-state index contributed by atoms with van der Waals surface area (Å²) in [5.41, 5.74) is 24.5. The number of benzene rings is 12. The lowest BCUT2D eigenvalue weighted by Crippen LogP contribution is -2.55. The molecule has 12 aromatic carbocycles. The fourth-order valence-electron chi connectivity index (χ4n) is 14.3. The topological polar surface area (TPSA) is 86.2 Å². The SMILES string of the molecule is N#Cc1ccc2c(c1)c1cccc3c1n2-c1ccccc1B3c1ccccc1.N#Cc1ccc2c3cccc4c3n(c2c1)-c1ccccc1B4c1ccccc1.N#Cc1cccc2c1c1cccc3c1n2-c1ccccc1B3c1ccccc1. The first kappa shape index (κ1) is 48.6. The zero-order valence-corrected chi connectivity index (χ0v) is 45.4. The molecule has 0 radical (unpaired) electrons. The lowest BCUT2D eigenvalue weighted by Gasteiger charge is -2.26. The first-order valence-corrected chi connectivity index (χ1v) is 28.4. The molecule has 15 aromatic rings. The second kappa shape index (κ2) is 19.5. The van der Waals surface area contributed by atoms with Gasteiger partial charge in [-0.3, -0.25) is 0 Å². The standard InChI is InChI=1S/3C25H15BN2/c27-16-17-8-6-15-23-24(17)19-11-7-13-21-25(19)28(23)22-14-5-4-12-20(22)26(21)18-9-2-1-3-10-18;27-16-17-13-14-19-20-9-6-11-22-25(20)28(24(19)15-17)23-12-5-4-10-21(23)26(22)18-7-2-1-3-8-18;27-16-17-13-14-23-20(15-17)19-9-6-11-22-25(19)28(23)24-12-5-4-10-21(24)26(22)18-7-2-1-3-8-18/h3*1-15H. The van der Waals surface area contributed by atoms with Crippen molar-refractivity contribution in [3.8, 4) is 35.3 Å². The van der Waals surface area contributed by atoms with Crippen LogP contribution in [0, 0.1) is 34.0 Å². The first-order valence-electron chi connectivity index (χ1n) is 28.4. The Balaban J connectivity index is 0.000000103. The van der Waals surface area contributed by atoms with Crippen LogP contribution >= 0.6 is 0 Å². The van der Waals surface area contributed by atoms with E-state index in [1.54, 1.807) is 0 Å². The number of hydrogen-bond donors (Lipinski definition) is 0. The third kappa shape index (κ3) is 7.25. The van der Waals surface area contributed by atoms with E-state index in [0.717, 1.165) is 38.3 Å². The van der Waals surface area contributed by atoms with Gasteiger partial charge in [0.25, 0.3) is 0 Å².